The van der Waals surface area contributed by atoms with Gasteiger partial charge in [0.05, 0.1) is 0 Å². The van der Waals surface area contributed by atoms with Gasteiger partial charge in [0.25, 0.3) is 0 Å². The molecule has 82 valence electrons. The molecule has 0 atom stereocenters. The number of carbonyl (C=O) groups excluding carboxylic acids is 1. The van der Waals surface area contributed by atoms with Crippen LogP contribution in [0.2, 0.25) is 0 Å². The van der Waals surface area contributed by atoms with Gasteiger partial charge in [-0.15, -0.1) is 0 Å². The number of aliphatic carboxylic acids is 1. The molecule has 0 bridgehead atoms. The Hall–Kier alpha value is -1.26. The molecule has 0 aliphatic rings. The average Bonchev–Trinajstić information content (AvgIpc) is 2.15. The zero-order valence-electron chi connectivity index (χ0n) is 8.75. The number of nitrogens with zero attached hydrogens (tertiary/aromatic N) is 1. The predicted octanol–water partition coefficient (Wildman–Crippen LogP) is 0.903. The minimum Gasteiger partial charge on any atom is -0.481 e. The van der Waals surface area contributed by atoms with Gasteiger partial charge in [-0.05, 0) is 19.8 Å². The summed E-state index contributed by atoms with van der Waals surface area (Å²) in [7, 11) is 1.71. The number of hydrogen-bond acceptors (Lipinski definition) is 2. The van der Waals surface area contributed by atoms with Gasteiger partial charge in [-0.3, -0.25) is 4.79 Å². The molecule has 0 saturated heterocycles. The molecule has 0 unspecified atom stereocenters. The van der Waals surface area contributed by atoms with Crippen molar-refractivity contribution in [1.29, 1.82) is 0 Å². The molecule has 0 saturated carbocycles. The molecule has 0 rings (SSSR count). The fourth-order valence-corrected chi connectivity index (χ4v) is 0.875. The molecule has 0 aromatic rings. The van der Waals surface area contributed by atoms with E-state index in [1.54, 1.807) is 11.9 Å². The zero-order chi connectivity index (χ0) is 11.0. The summed E-state index contributed by atoms with van der Waals surface area (Å²) in [6, 6.07) is -0.108. The lowest BCUT2D eigenvalue weighted by Gasteiger charge is -2.15. The van der Waals surface area contributed by atoms with E-state index in [4.69, 9.17) is 5.11 Å². The Labute approximate surface area is 84.1 Å². The molecule has 0 aromatic carbocycles. The highest BCUT2D eigenvalue weighted by atomic mass is 16.4. The largest absolute Gasteiger partial charge is 0.481 e. The van der Waals surface area contributed by atoms with E-state index in [9.17, 15) is 9.59 Å². The molecule has 5 heteroatoms. The van der Waals surface area contributed by atoms with Crippen molar-refractivity contribution in [3.05, 3.63) is 0 Å². The minimum absolute atomic E-state index is 0.108. The molecule has 0 fully saturated rings. The Balaban J connectivity index is 3.36. The van der Waals surface area contributed by atoms with E-state index in [1.165, 1.54) is 0 Å². The fraction of sp³-hybridized carbons (Fsp3) is 0.778. The van der Waals surface area contributed by atoms with Crippen LogP contribution in [0.25, 0.3) is 0 Å². The summed E-state index contributed by atoms with van der Waals surface area (Å²) in [6.45, 7) is 3.10. The van der Waals surface area contributed by atoms with Crippen LogP contribution in [0, 0.1) is 0 Å². The topological polar surface area (TPSA) is 69.6 Å². The van der Waals surface area contributed by atoms with E-state index < -0.39 is 5.97 Å². The summed E-state index contributed by atoms with van der Waals surface area (Å²) in [5.74, 6) is -0.790. The van der Waals surface area contributed by atoms with Crippen LogP contribution in [0.1, 0.15) is 26.2 Å². The summed E-state index contributed by atoms with van der Waals surface area (Å²) < 4.78 is 0. The Bertz CT molecular complexity index is 194. The van der Waals surface area contributed by atoms with Gasteiger partial charge in [-0.25, -0.2) is 4.79 Å². The fourth-order valence-electron chi connectivity index (χ4n) is 0.875. The third-order valence-corrected chi connectivity index (χ3v) is 1.91. The van der Waals surface area contributed by atoms with Gasteiger partial charge in [0.1, 0.15) is 0 Å². The Kier molecular flexibility index (Phi) is 6.53. The lowest BCUT2D eigenvalue weighted by atomic mass is 10.2. The van der Waals surface area contributed by atoms with Crippen molar-refractivity contribution in [2.45, 2.75) is 26.2 Å². The van der Waals surface area contributed by atoms with Gasteiger partial charge in [-0.2, -0.15) is 0 Å². The van der Waals surface area contributed by atoms with E-state index in [0.29, 0.717) is 25.9 Å². The Morgan fingerprint density at radius 3 is 2.50 bits per heavy atom. The maximum absolute atomic E-state index is 11.2. The molecule has 14 heavy (non-hydrogen) atoms. The number of carboxylic acid groups (broad SMARTS) is 1. The standard InChI is InChI=1S/C9H18N2O3/c1-3-11(2)9(14)10-7-5-4-6-8(12)13/h3-7H2,1-2H3,(H,10,14)(H,12,13). The van der Waals surface area contributed by atoms with Gasteiger partial charge < -0.3 is 15.3 Å². The van der Waals surface area contributed by atoms with Crippen LogP contribution >= 0.6 is 0 Å². The third-order valence-electron chi connectivity index (χ3n) is 1.91. The lowest BCUT2D eigenvalue weighted by Crippen LogP contribution is -2.37. The molecule has 0 spiro atoms. The maximum atomic E-state index is 11.2. The second-order valence-electron chi connectivity index (χ2n) is 3.10. The van der Waals surface area contributed by atoms with Gasteiger partial charge in [0.2, 0.25) is 0 Å². The lowest BCUT2D eigenvalue weighted by molar-refractivity contribution is -0.137. The number of nitrogens with one attached hydrogen (secondary N) is 1. The second-order valence-corrected chi connectivity index (χ2v) is 3.10. The first-order valence-corrected chi connectivity index (χ1v) is 4.78. The average molecular weight is 202 g/mol. The van der Waals surface area contributed by atoms with Crippen molar-refractivity contribution in [2.75, 3.05) is 20.1 Å². The van der Waals surface area contributed by atoms with Crippen molar-refractivity contribution in [2.24, 2.45) is 0 Å². The first-order chi connectivity index (χ1) is 6.57. The second kappa shape index (κ2) is 7.17. The van der Waals surface area contributed by atoms with E-state index in [-0.39, 0.29) is 12.5 Å². The smallest absolute Gasteiger partial charge is 0.317 e. The van der Waals surface area contributed by atoms with Crippen LogP contribution < -0.4 is 5.32 Å². The molecular weight excluding hydrogens is 184 g/mol. The number of carbonyl (C=O) groups is 2. The molecule has 0 heterocycles. The SMILES string of the molecule is CCN(C)C(=O)NCCCCC(=O)O. The van der Waals surface area contributed by atoms with Gasteiger partial charge in [-0.1, -0.05) is 0 Å². The molecule has 0 aliphatic carbocycles. The van der Waals surface area contributed by atoms with Crippen molar-refractivity contribution in [1.82, 2.24) is 10.2 Å². The van der Waals surface area contributed by atoms with E-state index >= 15 is 0 Å². The molecular formula is C9H18N2O3. The normalized spacial score (nSPS) is 9.57. The summed E-state index contributed by atoms with van der Waals surface area (Å²) in [4.78, 5) is 22.9. The van der Waals surface area contributed by atoms with E-state index in [1.807, 2.05) is 6.92 Å². The van der Waals surface area contributed by atoms with Gasteiger partial charge >= 0.3 is 12.0 Å². The summed E-state index contributed by atoms with van der Waals surface area (Å²) in [5.41, 5.74) is 0. The zero-order valence-corrected chi connectivity index (χ0v) is 8.75. The number of carboxylic acids is 1. The van der Waals surface area contributed by atoms with Crippen molar-refractivity contribution in [3.8, 4) is 0 Å². The highest BCUT2D eigenvalue weighted by Gasteiger charge is 2.04. The summed E-state index contributed by atoms with van der Waals surface area (Å²) in [6.07, 6.45) is 1.47. The van der Waals surface area contributed by atoms with Crippen LogP contribution in [0.5, 0.6) is 0 Å². The number of amides is 2. The van der Waals surface area contributed by atoms with Crippen LogP contribution in [0.4, 0.5) is 4.79 Å². The number of rotatable bonds is 6. The maximum Gasteiger partial charge on any atom is 0.317 e. The van der Waals surface area contributed by atoms with Crippen LogP contribution in [-0.4, -0.2) is 42.1 Å². The van der Waals surface area contributed by atoms with Crippen molar-refractivity contribution >= 4 is 12.0 Å². The number of unbranched alkanes of at least 4 members (excludes halogenated alkanes) is 1. The number of urea groups is 1. The van der Waals surface area contributed by atoms with Crippen LogP contribution in [0.15, 0.2) is 0 Å². The van der Waals surface area contributed by atoms with Gasteiger partial charge in [0, 0.05) is 26.6 Å². The van der Waals surface area contributed by atoms with Crippen LogP contribution in [-0.2, 0) is 4.79 Å². The molecule has 2 N–H and O–H groups in total. The number of hydrogen-bond donors (Lipinski definition) is 2. The third kappa shape index (κ3) is 6.28. The molecule has 0 aromatic heterocycles. The molecule has 5 nitrogen and oxygen atoms in total. The Morgan fingerprint density at radius 2 is 2.00 bits per heavy atom. The molecule has 0 radical (unpaired) electrons. The van der Waals surface area contributed by atoms with Crippen LogP contribution in [0.3, 0.4) is 0 Å². The minimum atomic E-state index is -0.790. The van der Waals surface area contributed by atoms with E-state index in [0.717, 1.165) is 0 Å². The first-order valence-electron chi connectivity index (χ1n) is 4.78. The predicted molar refractivity (Wildman–Crippen MR) is 53.2 cm³/mol. The molecule has 2 amide bonds. The quantitative estimate of drug-likeness (QED) is 0.629. The summed E-state index contributed by atoms with van der Waals surface area (Å²) >= 11 is 0. The van der Waals surface area contributed by atoms with Gasteiger partial charge in [0.15, 0.2) is 0 Å². The van der Waals surface area contributed by atoms with Crippen molar-refractivity contribution in [3.63, 3.8) is 0 Å². The van der Waals surface area contributed by atoms with Crippen molar-refractivity contribution < 1.29 is 14.7 Å². The highest BCUT2D eigenvalue weighted by molar-refractivity contribution is 5.73. The molecule has 0 aliphatic heterocycles. The summed E-state index contributed by atoms with van der Waals surface area (Å²) in [5, 5.41) is 11.1. The van der Waals surface area contributed by atoms with E-state index in [2.05, 4.69) is 5.32 Å². The highest BCUT2D eigenvalue weighted by Crippen LogP contribution is 1.93. The Morgan fingerprint density at radius 1 is 1.36 bits per heavy atom. The first kappa shape index (κ1) is 12.7. The monoisotopic (exact) mass is 202 g/mol.